The van der Waals surface area contributed by atoms with Crippen LogP contribution in [0.4, 0.5) is 5.69 Å². The van der Waals surface area contributed by atoms with Crippen LogP contribution in [0.5, 0.6) is 0 Å². The van der Waals surface area contributed by atoms with E-state index in [1.807, 2.05) is 13.8 Å². The molecule has 1 rings (SSSR count). The molecular weight excluding hydrogens is 334 g/mol. The van der Waals surface area contributed by atoms with E-state index in [9.17, 15) is 4.79 Å². The Kier molecular flexibility index (Phi) is 5.62. The second kappa shape index (κ2) is 6.77. The zero-order valence-corrected chi connectivity index (χ0v) is 12.9. The Bertz CT molecular complexity index is 506. The zero-order valence-electron chi connectivity index (χ0n) is 10.5. The number of halogens is 2. The molecule has 1 aromatic rings. The van der Waals surface area contributed by atoms with Gasteiger partial charge in [-0.3, -0.25) is 4.79 Å². The van der Waals surface area contributed by atoms with Gasteiger partial charge in [0, 0.05) is 4.47 Å². The van der Waals surface area contributed by atoms with Gasteiger partial charge in [-0.25, -0.2) is 0 Å². The predicted molar refractivity (Wildman–Crippen MR) is 79.5 cm³/mol. The number of nitrogens with two attached hydrogens (primary N) is 1. The van der Waals surface area contributed by atoms with Crippen molar-refractivity contribution in [3.05, 3.63) is 27.7 Å². The molecule has 0 bridgehead atoms. The minimum atomic E-state index is -0.718. The molecule has 19 heavy (non-hydrogen) atoms. The molecule has 7 heteroatoms. The molecule has 0 radical (unpaired) electrons. The lowest BCUT2D eigenvalue weighted by molar-refractivity contribution is -0.119. The van der Waals surface area contributed by atoms with Crippen molar-refractivity contribution in [3.8, 4) is 0 Å². The van der Waals surface area contributed by atoms with Gasteiger partial charge in [-0.1, -0.05) is 46.5 Å². The molecule has 0 saturated heterocycles. The quantitative estimate of drug-likeness (QED) is 0.338. The fourth-order valence-corrected chi connectivity index (χ4v) is 2.36. The van der Waals surface area contributed by atoms with E-state index in [-0.39, 0.29) is 17.7 Å². The Morgan fingerprint density at radius 3 is 2.63 bits per heavy atom. The summed E-state index contributed by atoms with van der Waals surface area (Å²) in [5.41, 5.74) is 6.01. The van der Waals surface area contributed by atoms with Crippen LogP contribution in [0.2, 0.25) is 5.02 Å². The Labute approximate surface area is 124 Å². The summed E-state index contributed by atoms with van der Waals surface area (Å²) in [5, 5.41) is 14.7. The van der Waals surface area contributed by atoms with Crippen LogP contribution in [0.25, 0.3) is 0 Å². The number of hydrogen-bond acceptors (Lipinski definition) is 3. The number of nitrogens with zero attached hydrogens (tertiary/aromatic N) is 1. The molecule has 0 aromatic heterocycles. The van der Waals surface area contributed by atoms with E-state index in [4.69, 9.17) is 22.5 Å². The Balaban J connectivity index is 2.94. The Morgan fingerprint density at radius 2 is 2.16 bits per heavy atom. The van der Waals surface area contributed by atoms with Crippen molar-refractivity contribution in [2.75, 3.05) is 5.32 Å². The molecule has 0 aliphatic rings. The van der Waals surface area contributed by atoms with Crippen LogP contribution in [0, 0.1) is 11.8 Å². The van der Waals surface area contributed by atoms with E-state index in [0.29, 0.717) is 10.7 Å². The number of rotatable bonds is 4. The van der Waals surface area contributed by atoms with Gasteiger partial charge in [-0.05, 0) is 24.1 Å². The summed E-state index contributed by atoms with van der Waals surface area (Å²) in [7, 11) is 0. The summed E-state index contributed by atoms with van der Waals surface area (Å²) in [5.74, 6) is -1.31. The maximum Gasteiger partial charge on any atom is 0.235 e. The van der Waals surface area contributed by atoms with Crippen LogP contribution in [0.1, 0.15) is 13.8 Å². The molecule has 1 aromatic carbocycles. The van der Waals surface area contributed by atoms with Crippen molar-refractivity contribution in [1.82, 2.24) is 0 Å². The summed E-state index contributed by atoms with van der Waals surface area (Å²) in [6.45, 7) is 3.62. The molecule has 5 nitrogen and oxygen atoms in total. The van der Waals surface area contributed by atoms with Gasteiger partial charge in [0.15, 0.2) is 5.84 Å². The van der Waals surface area contributed by atoms with Crippen molar-refractivity contribution in [2.24, 2.45) is 22.7 Å². The smallest absolute Gasteiger partial charge is 0.235 e. The van der Waals surface area contributed by atoms with E-state index in [2.05, 4.69) is 26.4 Å². The van der Waals surface area contributed by atoms with Gasteiger partial charge < -0.3 is 16.3 Å². The van der Waals surface area contributed by atoms with Crippen molar-refractivity contribution in [1.29, 1.82) is 0 Å². The lowest BCUT2D eigenvalue weighted by atomic mass is 9.94. The van der Waals surface area contributed by atoms with Gasteiger partial charge >= 0.3 is 0 Å². The lowest BCUT2D eigenvalue weighted by Crippen LogP contribution is -2.38. The zero-order chi connectivity index (χ0) is 14.6. The van der Waals surface area contributed by atoms with Gasteiger partial charge in [0.25, 0.3) is 0 Å². The number of nitrogens with one attached hydrogen (secondary N) is 1. The number of amides is 1. The Hall–Kier alpha value is -1.27. The monoisotopic (exact) mass is 347 g/mol. The largest absolute Gasteiger partial charge is 0.409 e. The maximum absolute atomic E-state index is 12.1. The molecule has 4 N–H and O–H groups in total. The van der Waals surface area contributed by atoms with Crippen LogP contribution >= 0.6 is 27.5 Å². The number of hydrogen-bond donors (Lipinski definition) is 3. The first-order valence-electron chi connectivity index (χ1n) is 5.60. The van der Waals surface area contributed by atoms with Crippen molar-refractivity contribution in [3.63, 3.8) is 0 Å². The normalized spacial score (nSPS) is 13.4. The number of benzene rings is 1. The van der Waals surface area contributed by atoms with Crippen LogP contribution in [-0.2, 0) is 4.79 Å². The summed E-state index contributed by atoms with van der Waals surface area (Å²) in [6.07, 6.45) is 0. The van der Waals surface area contributed by atoms with Crippen LogP contribution in [0.3, 0.4) is 0 Å². The fraction of sp³-hybridized carbons (Fsp3) is 0.333. The topological polar surface area (TPSA) is 87.7 Å². The third-order valence-electron chi connectivity index (χ3n) is 2.57. The molecule has 0 saturated carbocycles. The molecule has 1 amide bonds. The van der Waals surface area contributed by atoms with Gasteiger partial charge in [-0.2, -0.15) is 0 Å². The average molecular weight is 349 g/mol. The second-order valence-electron chi connectivity index (χ2n) is 4.36. The van der Waals surface area contributed by atoms with Crippen molar-refractivity contribution in [2.45, 2.75) is 13.8 Å². The first-order chi connectivity index (χ1) is 8.86. The summed E-state index contributed by atoms with van der Waals surface area (Å²) < 4.78 is 0.812. The first kappa shape index (κ1) is 15.8. The van der Waals surface area contributed by atoms with E-state index in [1.165, 1.54) is 0 Å². The maximum atomic E-state index is 12.1. The van der Waals surface area contributed by atoms with Crippen LogP contribution < -0.4 is 11.1 Å². The predicted octanol–water partition coefficient (Wildman–Crippen LogP) is 3.06. The average Bonchev–Trinajstić information content (AvgIpc) is 2.32. The summed E-state index contributed by atoms with van der Waals surface area (Å²) in [6, 6.07) is 5.11. The third kappa shape index (κ3) is 4.11. The highest BCUT2D eigenvalue weighted by Crippen LogP contribution is 2.26. The highest BCUT2D eigenvalue weighted by atomic mass is 79.9. The minimum Gasteiger partial charge on any atom is -0.409 e. The fourth-order valence-electron chi connectivity index (χ4n) is 1.64. The summed E-state index contributed by atoms with van der Waals surface area (Å²) >= 11 is 9.30. The van der Waals surface area contributed by atoms with Gasteiger partial charge in [0.1, 0.15) is 5.92 Å². The minimum absolute atomic E-state index is 0.106. The number of carbonyl (C=O) groups excluding carboxylic acids is 1. The number of carbonyl (C=O) groups is 1. The van der Waals surface area contributed by atoms with Gasteiger partial charge in [0.05, 0.1) is 10.7 Å². The Morgan fingerprint density at radius 1 is 1.53 bits per heavy atom. The van der Waals surface area contributed by atoms with Crippen molar-refractivity contribution < 1.29 is 10.0 Å². The highest BCUT2D eigenvalue weighted by Gasteiger charge is 2.27. The number of anilines is 1. The second-order valence-corrected chi connectivity index (χ2v) is 5.68. The molecule has 0 heterocycles. The standard InChI is InChI=1S/C12H15BrClN3O2/c1-6(2)10(11(15)17-19)12(18)16-9-4-3-7(13)5-8(9)14/h3-6,10,19H,1-2H3,(H2,15,17)(H,16,18). The van der Waals surface area contributed by atoms with Gasteiger partial charge in [-0.15, -0.1) is 0 Å². The first-order valence-corrected chi connectivity index (χ1v) is 6.77. The van der Waals surface area contributed by atoms with Gasteiger partial charge in [0.2, 0.25) is 5.91 Å². The number of oxime groups is 1. The molecule has 104 valence electrons. The number of amidine groups is 1. The molecule has 0 aliphatic carbocycles. The third-order valence-corrected chi connectivity index (χ3v) is 3.38. The van der Waals surface area contributed by atoms with E-state index < -0.39 is 5.92 Å². The van der Waals surface area contributed by atoms with E-state index in [1.54, 1.807) is 18.2 Å². The molecule has 1 atom stereocenters. The van der Waals surface area contributed by atoms with E-state index >= 15 is 0 Å². The lowest BCUT2D eigenvalue weighted by Gasteiger charge is -2.19. The van der Waals surface area contributed by atoms with Crippen molar-refractivity contribution >= 4 is 45.0 Å². The molecule has 0 aliphatic heterocycles. The van der Waals surface area contributed by atoms with Crippen LogP contribution in [0.15, 0.2) is 27.8 Å². The van der Waals surface area contributed by atoms with E-state index in [0.717, 1.165) is 4.47 Å². The molecular formula is C12H15BrClN3O2. The van der Waals surface area contributed by atoms with Crippen LogP contribution in [-0.4, -0.2) is 17.0 Å². The SMILES string of the molecule is CC(C)C(C(=O)Nc1ccc(Br)cc1Cl)C(N)=NO. The molecule has 0 spiro atoms. The highest BCUT2D eigenvalue weighted by molar-refractivity contribution is 9.10. The molecule has 0 fully saturated rings. The molecule has 1 unspecified atom stereocenters. The summed E-state index contributed by atoms with van der Waals surface area (Å²) in [4.78, 5) is 12.1.